The van der Waals surface area contributed by atoms with Crippen molar-refractivity contribution in [1.82, 2.24) is 14.5 Å². The quantitative estimate of drug-likeness (QED) is 0.663. The van der Waals surface area contributed by atoms with Gasteiger partial charge in [0.15, 0.2) is 4.80 Å². The van der Waals surface area contributed by atoms with E-state index in [0.29, 0.717) is 0 Å². The first kappa shape index (κ1) is 15.5. The summed E-state index contributed by atoms with van der Waals surface area (Å²) in [6, 6.07) is 6.07. The number of amides is 2. The predicted octanol–water partition coefficient (Wildman–Crippen LogP) is 3.88. The third kappa shape index (κ3) is 2.89. The minimum Gasteiger partial charge on any atom is -0.323 e. The van der Waals surface area contributed by atoms with Crippen LogP contribution in [0.1, 0.15) is 22.7 Å². The molecule has 0 unspecified atom stereocenters. The first-order valence-electron chi connectivity index (χ1n) is 8.00. The minimum absolute atomic E-state index is 0.131. The Morgan fingerprint density at radius 1 is 1.21 bits per heavy atom. The van der Waals surface area contributed by atoms with E-state index in [1.54, 1.807) is 11.3 Å². The molecule has 7 heteroatoms. The number of hydrogen-bond acceptors (Lipinski definition) is 4. The second kappa shape index (κ2) is 6.14. The number of likely N-dealkylation sites (tertiary alicyclic amines) is 1. The third-order valence-corrected chi connectivity index (χ3v) is 5.94. The monoisotopic (exact) mass is 358 g/mol. The smallest absolute Gasteiger partial charge is 0.323 e. The largest absolute Gasteiger partial charge is 0.346 e. The van der Waals surface area contributed by atoms with Crippen LogP contribution in [0.5, 0.6) is 0 Å². The lowest BCUT2D eigenvalue weighted by Gasteiger charge is -2.10. The molecule has 3 aromatic rings. The van der Waals surface area contributed by atoms with Crippen LogP contribution < -0.4 is 4.80 Å². The van der Waals surface area contributed by atoms with Crippen LogP contribution in [-0.4, -0.2) is 33.6 Å². The van der Waals surface area contributed by atoms with Crippen molar-refractivity contribution in [2.45, 2.75) is 26.7 Å². The fraction of sp³-hybridized carbons (Fsp3) is 0.353. The van der Waals surface area contributed by atoms with Gasteiger partial charge in [0, 0.05) is 24.2 Å². The number of nitrogens with zero attached hydrogens (tertiary/aromatic N) is 4. The summed E-state index contributed by atoms with van der Waals surface area (Å²) in [5.41, 5.74) is 1.98. The Bertz CT molecular complexity index is 976. The maximum absolute atomic E-state index is 12.4. The summed E-state index contributed by atoms with van der Waals surface area (Å²) in [7, 11) is 0. The Hall–Kier alpha value is -1.99. The normalized spacial score (nSPS) is 15.6. The van der Waals surface area contributed by atoms with E-state index in [4.69, 9.17) is 0 Å². The molecule has 124 valence electrons. The molecule has 24 heavy (non-hydrogen) atoms. The molecule has 0 bridgehead atoms. The number of benzene rings is 1. The Morgan fingerprint density at radius 2 is 2.00 bits per heavy atom. The maximum Gasteiger partial charge on any atom is 0.346 e. The Kier molecular flexibility index (Phi) is 3.97. The van der Waals surface area contributed by atoms with Gasteiger partial charge < -0.3 is 4.90 Å². The molecular weight excluding hydrogens is 340 g/mol. The van der Waals surface area contributed by atoms with Crippen molar-refractivity contribution in [3.63, 3.8) is 0 Å². The molecule has 3 heterocycles. The van der Waals surface area contributed by atoms with Gasteiger partial charge >= 0.3 is 6.03 Å². The number of carbonyl (C=O) groups excluding carboxylic acids is 1. The maximum atomic E-state index is 12.4. The zero-order chi connectivity index (χ0) is 16.7. The molecule has 1 saturated heterocycles. The number of urea groups is 1. The molecule has 2 amide bonds. The van der Waals surface area contributed by atoms with E-state index < -0.39 is 0 Å². The fourth-order valence-corrected chi connectivity index (χ4v) is 4.59. The molecule has 5 nitrogen and oxygen atoms in total. The predicted molar refractivity (Wildman–Crippen MR) is 98.1 cm³/mol. The van der Waals surface area contributed by atoms with Crippen molar-refractivity contribution in [3.8, 4) is 5.69 Å². The van der Waals surface area contributed by atoms with E-state index in [0.717, 1.165) is 51.8 Å². The number of hydrogen-bond donors (Lipinski definition) is 0. The van der Waals surface area contributed by atoms with Crippen molar-refractivity contribution in [1.29, 1.82) is 0 Å². The third-order valence-electron chi connectivity index (χ3n) is 4.09. The Balaban J connectivity index is 1.78. The van der Waals surface area contributed by atoms with Gasteiger partial charge in [0.25, 0.3) is 0 Å². The Labute approximate surface area is 147 Å². The van der Waals surface area contributed by atoms with Crippen molar-refractivity contribution >= 4 is 38.9 Å². The highest BCUT2D eigenvalue weighted by Gasteiger charge is 2.17. The first-order valence-corrected chi connectivity index (χ1v) is 9.64. The lowest BCUT2D eigenvalue weighted by atomic mass is 10.3. The van der Waals surface area contributed by atoms with Gasteiger partial charge in [0.05, 0.1) is 20.9 Å². The highest BCUT2D eigenvalue weighted by atomic mass is 32.1. The molecule has 2 aromatic heterocycles. The first-order chi connectivity index (χ1) is 11.6. The van der Waals surface area contributed by atoms with Crippen LogP contribution in [0.15, 0.2) is 29.4 Å². The molecule has 0 atom stereocenters. The molecule has 1 aliphatic rings. The highest BCUT2D eigenvalue weighted by molar-refractivity contribution is 7.18. The van der Waals surface area contributed by atoms with Crippen LogP contribution in [0.4, 0.5) is 4.79 Å². The van der Waals surface area contributed by atoms with Crippen LogP contribution in [-0.2, 0) is 0 Å². The molecule has 0 aliphatic carbocycles. The van der Waals surface area contributed by atoms with Crippen LogP contribution in [0.2, 0.25) is 0 Å². The van der Waals surface area contributed by atoms with Gasteiger partial charge in [-0.1, -0.05) is 0 Å². The molecule has 0 N–H and O–H groups in total. The van der Waals surface area contributed by atoms with Crippen LogP contribution in [0.3, 0.4) is 0 Å². The van der Waals surface area contributed by atoms with Crippen molar-refractivity contribution in [2.24, 2.45) is 4.99 Å². The molecule has 0 spiro atoms. The molecule has 4 rings (SSSR count). The molecule has 0 saturated carbocycles. The van der Waals surface area contributed by atoms with Crippen LogP contribution >= 0.6 is 22.7 Å². The average Bonchev–Trinajstić information content (AvgIpc) is 3.25. The lowest BCUT2D eigenvalue weighted by Crippen LogP contribution is -2.27. The van der Waals surface area contributed by atoms with Gasteiger partial charge in [0.1, 0.15) is 0 Å². The summed E-state index contributed by atoms with van der Waals surface area (Å²) >= 11 is 3.23. The van der Waals surface area contributed by atoms with E-state index in [1.165, 1.54) is 16.0 Å². The average molecular weight is 358 g/mol. The Morgan fingerprint density at radius 3 is 2.79 bits per heavy atom. The topological polar surface area (TPSA) is 50.5 Å². The molecule has 1 aliphatic heterocycles. The van der Waals surface area contributed by atoms with Gasteiger partial charge in [-0.05, 0) is 44.9 Å². The molecule has 1 aromatic carbocycles. The number of aromatic nitrogens is 2. The minimum atomic E-state index is -0.131. The SMILES string of the molecule is Cc1cn(-c2ccc3sc(C)nc3c2)c(=NC(=O)N2CCCC2)s1. The van der Waals surface area contributed by atoms with E-state index in [-0.39, 0.29) is 6.03 Å². The van der Waals surface area contributed by atoms with E-state index in [1.807, 2.05) is 29.5 Å². The summed E-state index contributed by atoms with van der Waals surface area (Å²) in [6.45, 7) is 5.68. The van der Waals surface area contributed by atoms with Crippen molar-refractivity contribution in [3.05, 3.63) is 39.1 Å². The number of fused-ring (bicyclic) bond motifs is 1. The van der Waals surface area contributed by atoms with Crippen molar-refractivity contribution in [2.75, 3.05) is 13.1 Å². The lowest BCUT2D eigenvalue weighted by molar-refractivity contribution is 0.218. The number of carbonyl (C=O) groups is 1. The number of rotatable bonds is 1. The van der Waals surface area contributed by atoms with E-state index in [9.17, 15) is 4.79 Å². The zero-order valence-corrected chi connectivity index (χ0v) is 15.3. The van der Waals surface area contributed by atoms with E-state index >= 15 is 0 Å². The summed E-state index contributed by atoms with van der Waals surface area (Å²) in [5, 5.41) is 1.06. The van der Waals surface area contributed by atoms with Crippen LogP contribution in [0, 0.1) is 13.8 Å². The molecule has 1 fully saturated rings. The van der Waals surface area contributed by atoms with Crippen molar-refractivity contribution < 1.29 is 4.79 Å². The summed E-state index contributed by atoms with van der Waals surface area (Å²) in [4.78, 5) is 25.0. The molecule has 0 radical (unpaired) electrons. The fourth-order valence-electron chi connectivity index (χ4n) is 2.96. The van der Waals surface area contributed by atoms with Gasteiger partial charge in [0.2, 0.25) is 0 Å². The summed E-state index contributed by atoms with van der Waals surface area (Å²) in [5.74, 6) is 0. The van der Waals surface area contributed by atoms with Gasteiger partial charge in [-0.2, -0.15) is 4.99 Å². The van der Waals surface area contributed by atoms with E-state index in [2.05, 4.69) is 28.2 Å². The molecular formula is C17H18N4OS2. The van der Waals surface area contributed by atoms with Gasteiger partial charge in [-0.25, -0.2) is 9.78 Å². The second-order valence-corrected chi connectivity index (χ2v) is 8.42. The van der Waals surface area contributed by atoms with Gasteiger partial charge in [-0.15, -0.1) is 22.7 Å². The van der Waals surface area contributed by atoms with Gasteiger partial charge in [-0.3, -0.25) is 4.57 Å². The second-order valence-electron chi connectivity index (χ2n) is 5.97. The summed E-state index contributed by atoms with van der Waals surface area (Å²) in [6.07, 6.45) is 4.18. The van der Waals surface area contributed by atoms with Crippen LogP contribution in [0.25, 0.3) is 15.9 Å². The number of thiazole rings is 2. The zero-order valence-electron chi connectivity index (χ0n) is 13.7. The highest BCUT2D eigenvalue weighted by Crippen LogP contribution is 2.24. The summed E-state index contributed by atoms with van der Waals surface area (Å²) < 4.78 is 3.16. The standard InChI is InChI=1S/C17H18N4OS2/c1-11-10-21(13-5-6-15-14(9-13)18-12(2)24-15)17(23-11)19-16(22)20-7-3-4-8-20/h5-6,9-10H,3-4,7-8H2,1-2H3. The number of aryl methyl sites for hydroxylation is 2.